The molecule has 49 heavy (non-hydrogen) atoms. The molecule has 10 aromatic rings. The van der Waals surface area contributed by atoms with Crippen LogP contribution in [-0.4, -0.2) is 9.97 Å². The summed E-state index contributed by atoms with van der Waals surface area (Å²) in [4.78, 5) is 9.00. The van der Waals surface area contributed by atoms with Crippen molar-refractivity contribution >= 4 is 54.1 Å². The summed E-state index contributed by atoms with van der Waals surface area (Å²) in [5, 5.41) is 10.0. The van der Waals surface area contributed by atoms with E-state index in [1.54, 1.807) is 0 Å². The van der Waals surface area contributed by atoms with Gasteiger partial charge in [0.1, 0.15) is 0 Å². The van der Waals surface area contributed by atoms with Crippen molar-refractivity contribution in [2.75, 3.05) is 0 Å². The zero-order valence-corrected chi connectivity index (χ0v) is 26.7. The second kappa shape index (κ2) is 11.0. The third kappa shape index (κ3) is 4.24. The molecule has 0 unspecified atom stereocenters. The lowest BCUT2D eigenvalue weighted by Gasteiger charge is -2.19. The van der Waals surface area contributed by atoms with E-state index in [0.717, 1.165) is 33.4 Å². The van der Waals surface area contributed by atoms with Gasteiger partial charge in [-0.3, -0.25) is 4.98 Å². The van der Waals surface area contributed by atoms with E-state index in [1.165, 1.54) is 65.3 Å². The van der Waals surface area contributed by atoms with Gasteiger partial charge in [-0.1, -0.05) is 158 Å². The first-order valence-electron chi connectivity index (χ1n) is 16.8. The Bertz CT molecular complexity index is 2830. The van der Waals surface area contributed by atoms with Gasteiger partial charge >= 0.3 is 0 Å². The summed E-state index contributed by atoms with van der Waals surface area (Å²) in [5.74, 6) is 0. The first kappa shape index (κ1) is 27.6. The number of H-pyrrole nitrogens is 1. The van der Waals surface area contributed by atoms with Crippen molar-refractivity contribution in [1.82, 2.24) is 9.97 Å². The second-order valence-electron chi connectivity index (χ2n) is 12.7. The van der Waals surface area contributed by atoms with E-state index in [0.29, 0.717) is 0 Å². The largest absolute Gasteiger partial charge is 0.354 e. The van der Waals surface area contributed by atoms with Gasteiger partial charge < -0.3 is 4.98 Å². The minimum atomic E-state index is 0.962. The number of fused-ring (bicyclic) bond motifs is 9. The fourth-order valence-corrected chi connectivity index (χ4v) is 7.98. The number of nitrogens with zero attached hydrogens (tertiary/aromatic N) is 1. The molecule has 0 saturated heterocycles. The van der Waals surface area contributed by atoms with E-state index in [-0.39, 0.29) is 0 Å². The molecule has 0 aliphatic rings. The van der Waals surface area contributed by atoms with Crippen LogP contribution >= 0.6 is 0 Å². The van der Waals surface area contributed by atoms with Crippen LogP contribution in [0.5, 0.6) is 0 Å². The van der Waals surface area contributed by atoms with Crippen molar-refractivity contribution in [1.29, 1.82) is 0 Å². The normalized spacial score (nSPS) is 11.7. The summed E-state index contributed by atoms with van der Waals surface area (Å²) in [6.45, 7) is 0. The number of aromatic nitrogens is 2. The Labute approximate surface area is 283 Å². The Morgan fingerprint density at radius 2 is 0.918 bits per heavy atom. The highest BCUT2D eigenvalue weighted by Crippen LogP contribution is 2.47. The third-order valence-corrected chi connectivity index (χ3v) is 10.1. The Balaban J connectivity index is 1.29. The average Bonchev–Trinajstić information content (AvgIpc) is 3.57. The summed E-state index contributed by atoms with van der Waals surface area (Å²) < 4.78 is 0. The Morgan fingerprint density at radius 3 is 1.69 bits per heavy atom. The molecule has 10 rings (SSSR count). The van der Waals surface area contributed by atoms with E-state index in [9.17, 15) is 0 Å². The molecule has 0 atom stereocenters. The summed E-state index contributed by atoms with van der Waals surface area (Å²) >= 11 is 0. The summed E-state index contributed by atoms with van der Waals surface area (Å²) in [6, 6.07) is 61.2. The molecular weight excluding hydrogens is 593 g/mol. The maximum atomic E-state index is 5.19. The van der Waals surface area contributed by atoms with Gasteiger partial charge in [0, 0.05) is 39.2 Å². The number of nitrogens with one attached hydrogen (secondary N) is 1. The fraction of sp³-hybridized carbons (Fsp3) is 0. The van der Waals surface area contributed by atoms with E-state index in [1.807, 2.05) is 6.20 Å². The maximum absolute atomic E-state index is 5.19. The van der Waals surface area contributed by atoms with Crippen LogP contribution in [0.2, 0.25) is 0 Å². The molecule has 0 aliphatic carbocycles. The number of benzene rings is 8. The first-order chi connectivity index (χ1) is 24.3. The van der Waals surface area contributed by atoms with Gasteiger partial charge in [-0.2, -0.15) is 0 Å². The minimum Gasteiger partial charge on any atom is -0.354 e. The van der Waals surface area contributed by atoms with Gasteiger partial charge in [-0.25, -0.2) is 0 Å². The molecule has 0 bridgehead atoms. The highest BCUT2D eigenvalue weighted by molar-refractivity contribution is 6.29. The zero-order chi connectivity index (χ0) is 32.3. The number of hydrogen-bond acceptors (Lipinski definition) is 1. The molecule has 2 heterocycles. The van der Waals surface area contributed by atoms with Gasteiger partial charge in [0.2, 0.25) is 0 Å². The van der Waals surface area contributed by atoms with E-state index < -0.39 is 0 Å². The second-order valence-corrected chi connectivity index (χ2v) is 12.7. The molecule has 228 valence electrons. The molecule has 1 N–H and O–H groups in total. The average molecular weight is 623 g/mol. The molecule has 8 aromatic carbocycles. The Kier molecular flexibility index (Phi) is 6.22. The molecular formula is C47H30N2. The van der Waals surface area contributed by atoms with Crippen molar-refractivity contribution in [2.24, 2.45) is 0 Å². The topological polar surface area (TPSA) is 28.7 Å². The molecule has 0 fully saturated rings. The van der Waals surface area contributed by atoms with Crippen LogP contribution < -0.4 is 0 Å². The molecule has 0 aliphatic heterocycles. The van der Waals surface area contributed by atoms with Crippen molar-refractivity contribution < 1.29 is 0 Å². The van der Waals surface area contributed by atoms with Crippen molar-refractivity contribution in [3.05, 3.63) is 176 Å². The predicted molar refractivity (Wildman–Crippen MR) is 208 cm³/mol. The highest BCUT2D eigenvalue weighted by atomic mass is 14.7. The molecule has 2 nitrogen and oxygen atoms in total. The standard InChI is InChI=1S/C47H30N2/c1-2-14-30(15-3-1)31-27-28-41-36-20-10-11-26-43(36)49-47(41)45(31)42-25-13-29-48-46(42)40-22-9-7-19-35(40)39-24-12-23-38-34-17-5-4-16-32(34)33-18-6-8-21-37(33)44(38)39/h1-29,49H. The van der Waals surface area contributed by atoms with Gasteiger partial charge in [-0.15, -0.1) is 0 Å². The van der Waals surface area contributed by atoms with Crippen LogP contribution in [-0.2, 0) is 0 Å². The Hall–Kier alpha value is -6.51. The number of rotatable bonds is 4. The van der Waals surface area contributed by atoms with Gasteiger partial charge in [0.05, 0.1) is 11.2 Å². The van der Waals surface area contributed by atoms with Crippen molar-refractivity contribution in [3.8, 4) is 44.6 Å². The molecule has 0 amide bonds. The van der Waals surface area contributed by atoms with Crippen LogP contribution in [0.25, 0.3) is 98.8 Å². The third-order valence-electron chi connectivity index (χ3n) is 10.1. The lowest BCUT2D eigenvalue weighted by atomic mass is 9.85. The SMILES string of the molecule is c1ccc(-c2ccc3c([nH]c4ccccc43)c2-c2cccnc2-c2ccccc2-c2cccc3c4ccccc4c4ccccc4c23)cc1. The number of aromatic amines is 1. The van der Waals surface area contributed by atoms with Gasteiger partial charge in [0.15, 0.2) is 0 Å². The quantitative estimate of drug-likeness (QED) is 0.194. The lowest BCUT2D eigenvalue weighted by Crippen LogP contribution is -1.95. The molecule has 2 aromatic heterocycles. The van der Waals surface area contributed by atoms with E-state index >= 15 is 0 Å². The van der Waals surface area contributed by atoms with Crippen molar-refractivity contribution in [2.45, 2.75) is 0 Å². The zero-order valence-electron chi connectivity index (χ0n) is 26.7. The van der Waals surface area contributed by atoms with Crippen molar-refractivity contribution in [3.63, 3.8) is 0 Å². The minimum absolute atomic E-state index is 0.962. The van der Waals surface area contributed by atoms with Crippen LogP contribution in [0.1, 0.15) is 0 Å². The molecule has 0 saturated carbocycles. The fourth-order valence-electron chi connectivity index (χ4n) is 7.98. The predicted octanol–water partition coefficient (Wildman–Crippen LogP) is 12.8. The van der Waals surface area contributed by atoms with Crippen LogP contribution in [0.3, 0.4) is 0 Å². The summed E-state index contributed by atoms with van der Waals surface area (Å²) in [7, 11) is 0. The Morgan fingerprint density at radius 1 is 0.347 bits per heavy atom. The van der Waals surface area contributed by atoms with Crippen LogP contribution in [0, 0.1) is 0 Å². The van der Waals surface area contributed by atoms with Crippen LogP contribution in [0.4, 0.5) is 0 Å². The van der Waals surface area contributed by atoms with E-state index in [4.69, 9.17) is 4.98 Å². The number of pyridine rings is 1. The lowest BCUT2D eigenvalue weighted by molar-refractivity contribution is 1.33. The summed E-state index contributed by atoms with van der Waals surface area (Å²) in [6.07, 6.45) is 1.93. The highest BCUT2D eigenvalue weighted by Gasteiger charge is 2.22. The van der Waals surface area contributed by atoms with Crippen LogP contribution in [0.15, 0.2) is 176 Å². The van der Waals surface area contributed by atoms with Gasteiger partial charge in [-0.05, 0) is 66.7 Å². The van der Waals surface area contributed by atoms with Gasteiger partial charge in [0.25, 0.3) is 0 Å². The van der Waals surface area contributed by atoms with E-state index in [2.05, 4.69) is 175 Å². The number of para-hydroxylation sites is 1. The number of hydrogen-bond donors (Lipinski definition) is 1. The first-order valence-corrected chi connectivity index (χ1v) is 16.8. The monoisotopic (exact) mass is 622 g/mol. The smallest absolute Gasteiger partial charge is 0.0787 e. The molecule has 2 heteroatoms. The molecule has 0 spiro atoms. The summed E-state index contributed by atoms with van der Waals surface area (Å²) in [5.41, 5.74) is 11.3. The maximum Gasteiger partial charge on any atom is 0.0787 e. The molecule has 0 radical (unpaired) electrons.